The minimum atomic E-state index is -0.0671. The molecule has 0 saturated heterocycles. The number of halogens is 1. The van der Waals surface area contributed by atoms with Gasteiger partial charge >= 0.3 is 0 Å². The van der Waals surface area contributed by atoms with Gasteiger partial charge in [-0.25, -0.2) is 0 Å². The van der Waals surface area contributed by atoms with Gasteiger partial charge in [-0.2, -0.15) is 0 Å². The maximum absolute atomic E-state index is 5.89. The monoisotopic (exact) mass is 341 g/mol. The minimum Gasteiger partial charge on any atom is -0.497 e. The lowest BCUT2D eigenvalue weighted by molar-refractivity contribution is 0.0479. The molecular weight excluding hydrogens is 326 g/mol. The Hall–Kier alpha value is -0.880. The lowest BCUT2D eigenvalue weighted by atomic mass is 10.2. The van der Waals surface area contributed by atoms with Crippen molar-refractivity contribution in [1.29, 1.82) is 0 Å². The van der Waals surface area contributed by atoms with E-state index in [9.17, 15) is 0 Å². The normalized spacial score (nSPS) is 12.4. The number of nitrogens with two attached hydrogens (primary N) is 1. The minimum absolute atomic E-state index is 0.0671. The molecule has 3 nitrogen and oxygen atoms in total. The van der Waals surface area contributed by atoms with Crippen LogP contribution >= 0.6 is 27.3 Å². The van der Waals surface area contributed by atoms with Crippen LogP contribution in [0.3, 0.4) is 0 Å². The molecule has 1 aromatic heterocycles. The highest BCUT2D eigenvalue weighted by Gasteiger charge is 2.12. The van der Waals surface area contributed by atoms with Crippen LogP contribution in [0.1, 0.15) is 16.5 Å². The molecule has 0 aliphatic carbocycles. The Morgan fingerprint density at radius 1 is 1.32 bits per heavy atom. The SMILES string of the molecule is COc1cccc(COC(CN)c2ccc(Br)s2)c1. The zero-order chi connectivity index (χ0) is 13.7. The Morgan fingerprint density at radius 3 is 2.79 bits per heavy atom. The van der Waals surface area contributed by atoms with E-state index in [0.717, 1.165) is 20.0 Å². The molecule has 2 N–H and O–H groups in total. The van der Waals surface area contributed by atoms with Crippen molar-refractivity contribution in [2.45, 2.75) is 12.7 Å². The van der Waals surface area contributed by atoms with Gasteiger partial charge in [0.1, 0.15) is 11.9 Å². The van der Waals surface area contributed by atoms with E-state index < -0.39 is 0 Å². The average molecular weight is 342 g/mol. The summed E-state index contributed by atoms with van der Waals surface area (Å²) in [5.41, 5.74) is 6.85. The topological polar surface area (TPSA) is 44.5 Å². The Bertz CT molecular complexity index is 530. The second-order valence-corrected chi connectivity index (χ2v) is 6.52. The van der Waals surface area contributed by atoms with Gasteiger partial charge in [-0.15, -0.1) is 11.3 Å². The first-order valence-corrected chi connectivity index (χ1v) is 7.53. The molecule has 0 amide bonds. The molecule has 1 aromatic carbocycles. The van der Waals surface area contributed by atoms with Crippen molar-refractivity contribution in [1.82, 2.24) is 0 Å². The lowest BCUT2D eigenvalue weighted by Crippen LogP contribution is -2.14. The maximum atomic E-state index is 5.89. The van der Waals surface area contributed by atoms with Crippen LogP contribution in [0, 0.1) is 0 Å². The molecule has 0 saturated carbocycles. The second-order valence-electron chi connectivity index (χ2n) is 4.03. The van der Waals surface area contributed by atoms with Crippen molar-refractivity contribution in [2.75, 3.05) is 13.7 Å². The largest absolute Gasteiger partial charge is 0.497 e. The molecular formula is C14H16BrNO2S. The highest BCUT2D eigenvalue weighted by atomic mass is 79.9. The van der Waals surface area contributed by atoms with Crippen LogP contribution in [-0.2, 0) is 11.3 Å². The number of hydrogen-bond acceptors (Lipinski definition) is 4. The standard InChI is InChI=1S/C14H16BrNO2S/c1-17-11-4-2-3-10(7-11)9-18-12(8-16)13-5-6-14(15)19-13/h2-7,12H,8-9,16H2,1H3. The fourth-order valence-electron chi connectivity index (χ4n) is 1.73. The van der Waals surface area contributed by atoms with E-state index in [4.69, 9.17) is 15.2 Å². The molecule has 1 heterocycles. The molecule has 0 fully saturated rings. The van der Waals surface area contributed by atoms with Gasteiger partial charge in [0, 0.05) is 11.4 Å². The fraction of sp³-hybridized carbons (Fsp3) is 0.286. The summed E-state index contributed by atoms with van der Waals surface area (Å²) in [4.78, 5) is 1.14. The number of ether oxygens (including phenoxy) is 2. The van der Waals surface area contributed by atoms with Crippen molar-refractivity contribution < 1.29 is 9.47 Å². The highest BCUT2D eigenvalue weighted by molar-refractivity contribution is 9.11. The molecule has 19 heavy (non-hydrogen) atoms. The van der Waals surface area contributed by atoms with Gasteiger partial charge in [0.05, 0.1) is 17.5 Å². The van der Waals surface area contributed by atoms with E-state index in [1.165, 1.54) is 0 Å². The summed E-state index contributed by atoms with van der Waals surface area (Å²) in [5.74, 6) is 0.837. The highest BCUT2D eigenvalue weighted by Crippen LogP contribution is 2.29. The van der Waals surface area contributed by atoms with E-state index >= 15 is 0 Å². The quantitative estimate of drug-likeness (QED) is 0.870. The average Bonchev–Trinajstić information content (AvgIpc) is 2.86. The van der Waals surface area contributed by atoms with Crippen molar-refractivity contribution in [3.05, 3.63) is 50.6 Å². The summed E-state index contributed by atoms with van der Waals surface area (Å²) < 4.78 is 12.2. The molecule has 102 valence electrons. The van der Waals surface area contributed by atoms with Crippen LogP contribution in [0.15, 0.2) is 40.2 Å². The van der Waals surface area contributed by atoms with Crippen molar-refractivity contribution >= 4 is 27.3 Å². The van der Waals surface area contributed by atoms with Gasteiger partial charge < -0.3 is 15.2 Å². The van der Waals surface area contributed by atoms with Gasteiger partial charge in [0.2, 0.25) is 0 Å². The van der Waals surface area contributed by atoms with E-state index in [-0.39, 0.29) is 6.10 Å². The van der Waals surface area contributed by atoms with Crippen LogP contribution in [0.5, 0.6) is 5.75 Å². The molecule has 2 aromatic rings. The first-order valence-electron chi connectivity index (χ1n) is 5.92. The first-order chi connectivity index (χ1) is 9.22. The molecule has 1 unspecified atom stereocenters. The van der Waals surface area contributed by atoms with Crippen molar-refractivity contribution in [3.63, 3.8) is 0 Å². The predicted octanol–water partition coefficient (Wildman–Crippen LogP) is 3.74. The zero-order valence-electron chi connectivity index (χ0n) is 10.6. The first kappa shape index (κ1) is 14.5. The number of benzene rings is 1. The van der Waals surface area contributed by atoms with Gasteiger partial charge in [0.25, 0.3) is 0 Å². The number of rotatable bonds is 6. The zero-order valence-corrected chi connectivity index (χ0v) is 13.0. The smallest absolute Gasteiger partial charge is 0.119 e. The summed E-state index contributed by atoms with van der Waals surface area (Å²) >= 11 is 5.10. The van der Waals surface area contributed by atoms with Crippen LogP contribution < -0.4 is 10.5 Å². The van der Waals surface area contributed by atoms with Gasteiger partial charge in [-0.3, -0.25) is 0 Å². The van der Waals surface area contributed by atoms with Crippen molar-refractivity contribution in [2.24, 2.45) is 5.73 Å². The third-order valence-electron chi connectivity index (χ3n) is 2.71. The third-order valence-corrected chi connectivity index (χ3v) is 4.43. The fourth-order valence-corrected chi connectivity index (χ4v) is 3.21. The van der Waals surface area contributed by atoms with Crippen molar-refractivity contribution in [3.8, 4) is 5.75 Å². The van der Waals surface area contributed by atoms with E-state index in [1.54, 1.807) is 18.4 Å². The summed E-state index contributed by atoms with van der Waals surface area (Å²) in [6, 6.07) is 11.9. The molecule has 0 bridgehead atoms. The summed E-state index contributed by atoms with van der Waals surface area (Å²) in [7, 11) is 1.66. The van der Waals surface area contributed by atoms with Crippen LogP contribution in [-0.4, -0.2) is 13.7 Å². The maximum Gasteiger partial charge on any atom is 0.119 e. The van der Waals surface area contributed by atoms with Gasteiger partial charge in [-0.1, -0.05) is 12.1 Å². The Morgan fingerprint density at radius 2 is 2.16 bits per heavy atom. The molecule has 0 spiro atoms. The second kappa shape index (κ2) is 7.05. The summed E-state index contributed by atoms with van der Waals surface area (Å²) in [5, 5.41) is 0. The van der Waals surface area contributed by atoms with Crippen LogP contribution in [0.25, 0.3) is 0 Å². The lowest BCUT2D eigenvalue weighted by Gasteiger charge is -2.14. The summed E-state index contributed by atoms with van der Waals surface area (Å²) in [6.07, 6.45) is -0.0671. The molecule has 0 radical (unpaired) electrons. The van der Waals surface area contributed by atoms with Gasteiger partial charge in [0.15, 0.2) is 0 Å². The summed E-state index contributed by atoms with van der Waals surface area (Å²) in [6.45, 7) is 0.992. The van der Waals surface area contributed by atoms with Gasteiger partial charge in [-0.05, 0) is 45.8 Å². The molecule has 2 rings (SSSR count). The van der Waals surface area contributed by atoms with E-state index in [2.05, 4.69) is 15.9 Å². The van der Waals surface area contributed by atoms with E-state index in [0.29, 0.717) is 13.2 Å². The molecule has 1 atom stereocenters. The van der Waals surface area contributed by atoms with Crippen LogP contribution in [0.4, 0.5) is 0 Å². The Labute approximate surface area is 125 Å². The number of hydrogen-bond donors (Lipinski definition) is 1. The molecule has 0 aliphatic rings. The predicted molar refractivity (Wildman–Crippen MR) is 81.6 cm³/mol. The molecule has 0 aliphatic heterocycles. The Kier molecular flexibility index (Phi) is 5.39. The number of thiophene rings is 1. The third kappa shape index (κ3) is 4.04. The van der Waals surface area contributed by atoms with Crippen LogP contribution in [0.2, 0.25) is 0 Å². The number of methoxy groups -OCH3 is 1. The molecule has 5 heteroatoms. The van der Waals surface area contributed by atoms with E-state index in [1.807, 2.05) is 36.4 Å². The Balaban J connectivity index is 1.99.